The Morgan fingerprint density at radius 3 is 2.57 bits per heavy atom. The van der Waals surface area contributed by atoms with Gasteiger partial charge in [-0.25, -0.2) is 14.8 Å². The first-order chi connectivity index (χ1) is 10.7. The number of anilines is 1. The van der Waals surface area contributed by atoms with Crippen molar-refractivity contribution in [3.05, 3.63) is 16.9 Å². The molecule has 1 amide bonds. The summed E-state index contributed by atoms with van der Waals surface area (Å²) >= 11 is 6.04. The summed E-state index contributed by atoms with van der Waals surface area (Å²) in [6.45, 7) is 7.42. The van der Waals surface area contributed by atoms with Crippen molar-refractivity contribution in [2.45, 2.75) is 71.1 Å². The van der Waals surface area contributed by atoms with Crippen molar-refractivity contribution in [2.24, 2.45) is 0 Å². The van der Waals surface area contributed by atoms with E-state index in [9.17, 15) is 4.79 Å². The van der Waals surface area contributed by atoms with E-state index < -0.39 is 5.60 Å². The number of halogens is 1. The highest BCUT2D eigenvalue weighted by Gasteiger charge is 2.29. The number of aryl methyl sites for hydroxylation is 1. The molecule has 2 rings (SSSR count). The molecule has 1 fully saturated rings. The number of rotatable bonds is 3. The summed E-state index contributed by atoms with van der Waals surface area (Å²) in [7, 11) is 0. The van der Waals surface area contributed by atoms with E-state index in [1.54, 1.807) is 6.20 Å². The summed E-state index contributed by atoms with van der Waals surface area (Å²) in [6.07, 6.45) is 5.32. The van der Waals surface area contributed by atoms with E-state index in [0.29, 0.717) is 11.1 Å². The van der Waals surface area contributed by atoms with Gasteiger partial charge in [0.2, 0.25) is 5.95 Å². The van der Waals surface area contributed by atoms with Crippen LogP contribution < -0.4 is 10.6 Å². The first kappa shape index (κ1) is 17.8. The van der Waals surface area contributed by atoms with Crippen LogP contribution in [0.4, 0.5) is 10.7 Å². The van der Waals surface area contributed by atoms with Gasteiger partial charge in [0.15, 0.2) is 0 Å². The van der Waals surface area contributed by atoms with Crippen molar-refractivity contribution < 1.29 is 9.53 Å². The molecule has 1 aliphatic rings. The highest BCUT2D eigenvalue weighted by molar-refractivity contribution is 6.30. The molecule has 1 heterocycles. The lowest BCUT2D eigenvalue weighted by atomic mass is 9.90. The molecule has 1 saturated carbocycles. The van der Waals surface area contributed by atoms with Gasteiger partial charge in [-0.15, -0.1) is 0 Å². The molecule has 1 aromatic rings. The number of hydrogen-bond donors (Lipinski definition) is 2. The van der Waals surface area contributed by atoms with Gasteiger partial charge < -0.3 is 15.4 Å². The number of nitrogens with one attached hydrogen (secondary N) is 2. The van der Waals surface area contributed by atoms with Crippen LogP contribution in [0.25, 0.3) is 0 Å². The summed E-state index contributed by atoms with van der Waals surface area (Å²) < 4.78 is 5.34. The molecule has 0 aromatic carbocycles. The maximum absolute atomic E-state index is 12.0. The molecule has 0 radical (unpaired) electrons. The van der Waals surface area contributed by atoms with Gasteiger partial charge in [-0.3, -0.25) is 0 Å². The van der Waals surface area contributed by atoms with Gasteiger partial charge in [-0.2, -0.15) is 0 Å². The van der Waals surface area contributed by atoms with Crippen LogP contribution in [0.3, 0.4) is 0 Å². The quantitative estimate of drug-likeness (QED) is 0.821. The SMILES string of the molecule is Cc1cnc(N[C@H]2CCCC[C@H]2NC(=O)OC(C)(C)C)nc1Cl. The fourth-order valence-corrected chi connectivity index (χ4v) is 2.72. The largest absolute Gasteiger partial charge is 0.444 e. The molecule has 0 bridgehead atoms. The van der Waals surface area contributed by atoms with E-state index in [1.165, 1.54) is 0 Å². The predicted octanol–water partition coefficient (Wildman–Crippen LogP) is 3.69. The van der Waals surface area contributed by atoms with Crippen molar-refractivity contribution in [1.82, 2.24) is 15.3 Å². The Kier molecular flexibility index (Phi) is 5.68. The van der Waals surface area contributed by atoms with Crippen LogP contribution in [0.5, 0.6) is 0 Å². The molecule has 1 aromatic heterocycles. The third kappa shape index (κ3) is 5.53. The molecular formula is C16H25ClN4O2. The van der Waals surface area contributed by atoms with E-state index in [-0.39, 0.29) is 18.2 Å². The van der Waals surface area contributed by atoms with Crippen molar-refractivity contribution in [1.29, 1.82) is 0 Å². The van der Waals surface area contributed by atoms with Crippen LogP contribution in [-0.4, -0.2) is 33.7 Å². The van der Waals surface area contributed by atoms with Crippen molar-refractivity contribution in [2.75, 3.05) is 5.32 Å². The van der Waals surface area contributed by atoms with Crippen molar-refractivity contribution >= 4 is 23.6 Å². The molecule has 0 spiro atoms. The average Bonchev–Trinajstić information content (AvgIpc) is 2.43. The second kappa shape index (κ2) is 7.34. The van der Waals surface area contributed by atoms with E-state index in [2.05, 4.69) is 20.6 Å². The van der Waals surface area contributed by atoms with Gasteiger partial charge in [-0.05, 0) is 40.5 Å². The lowest BCUT2D eigenvalue weighted by Crippen LogP contribution is -2.50. The Bertz CT molecular complexity index is 560. The van der Waals surface area contributed by atoms with Crippen LogP contribution in [0, 0.1) is 6.92 Å². The monoisotopic (exact) mass is 340 g/mol. The molecule has 0 saturated heterocycles. The summed E-state index contributed by atoms with van der Waals surface area (Å²) in [5.74, 6) is 0.489. The second-order valence-electron chi connectivity index (χ2n) is 6.96. The van der Waals surface area contributed by atoms with Crippen LogP contribution in [0.15, 0.2) is 6.20 Å². The Hall–Kier alpha value is -1.56. The van der Waals surface area contributed by atoms with E-state index >= 15 is 0 Å². The van der Waals surface area contributed by atoms with Gasteiger partial charge in [0.1, 0.15) is 10.8 Å². The minimum atomic E-state index is -0.505. The van der Waals surface area contributed by atoms with Gasteiger partial charge >= 0.3 is 6.09 Å². The molecule has 128 valence electrons. The third-order valence-electron chi connectivity index (χ3n) is 3.69. The zero-order valence-electron chi connectivity index (χ0n) is 14.1. The molecule has 1 aliphatic carbocycles. The summed E-state index contributed by atoms with van der Waals surface area (Å²) in [4.78, 5) is 20.5. The normalized spacial score (nSPS) is 21.6. The molecule has 7 heteroatoms. The topological polar surface area (TPSA) is 76.1 Å². The first-order valence-corrected chi connectivity index (χ1v) is 8.37. The average molecular weight is 341 g/mol. The number of carbonyl (C=O) groups is 1. The highest BCUT2D eigenvalue weighted by atomic mass is 35.5. The first-order valence-electron chi connectivity index (χ1n) is 8.00. The van der Waals surface area contributed by atoms with Crippen molar-refractivity contribution in [3.63, 3.8) is 0 Å². The molecule has 6 nitrogen and oxygen atoms in total. The second-order valence-corrected chi connectivity index (χ2v) is 7.31. The van der Waals surface area contributed by atoms with Gasteiger partial charge in [0.25, 0.3) is 0 Å². The summed E-state index contributed by atoms with van der Waals surface area (Å²) in [5.41, 5.74) is 0.333. The minimum absolute atomic E-state index is 0.0118. The number of aromatic nitrogens is 2. The summed E-state index contributed by atoms with van der Waals surface area (Å²) in [5, 5.41) is 6.69. The van der Waals surface area contributed by atoms with Crippen LogP contribution in [0.2, 0.25) is 5.15 Å². The number of ether oxygens (including phenoxy) is 1. The number of nitrogens with zero attached hydrogens (tertiary/aromatic N) is 2. The zero-order valence-corrected chi connectivity index (χ0v) is 14.9. The van der Waals surface area contributed by atoms with E-state index in [1.807, 2.05) is 27.7 Å². The maximum Gasteiger partial charge on any atom is 0.407 e. The lowest BCUT2D eigenvalue weighted by Gasteiger charge is -2.33. The number of carbonyl (C=O) groups excluding carboxylic acids is 1. The van der Waals surface area contributed by atoms with Gasteiger partial charge in [0, 0.05) is 17.8 Å². The molecule has 2 atom stereocenters. The smallest absolute Gasteiger partial charge is 0.407 e. The molecule has 23 heavy (non-hydrogen) atoms. The van der Waals surface area contributed by atoms with Crippen LogP contribution in [0.1, 0.15) is 52.0 Å². The summed E-state index contributed by atoms with van der Waals surface area (Å²) in [6, 6.07) is 0.0531. The molecule has 2 N–H and O–H groups in total. The fourth-order valence-electron chi connectivity index (χ4n) is 2.59. The number of hydrogen-bond acceptors (Lipinski definition) is 5. The Balaban J connectivity index is 2.00. The van der Waals surface area contributed by atoms with Crippen LogP contribution >= 0.6 is 11.6 Å². The van der Waals surface area contributed by atoms with Gasteiger partial charge in [-0.1, -0.05) is 24.4 Å². The minimum Gasteiger partial charge on any atom is -0.444 e. The van der Waals surface area contributed by atoms with E-state index in [4.69, 9.17) is 16.3 Å². The molecule has 0 unspecified atom stereocenters. The standard InChI is InChI=1S/C16H25ClN4O2/c1-10-9-18-14(21-13(10)17)19-11-7-5-6-8-12(11)20-15(22)23-16(2,3)4/h9,11-12H,5-8H2,1-4H3,(H,20,22)(H,18,19,21)/t11-,12+/m0/s1. The lowest BCUT2D eigenvalue weighted by molar-refractivity contribution is 0.0488. The molecule has 0 aliphatic heterocycles. The highest BCUT2D eigenvalue weighted by Crippen LogP contribution is 2.22. The fraction of sp³-hybridized carbons (Fsp3) is 0.688. The Morgan fingerprint density at radius 2 is 1.96 bits per heavy atom. The van der Waals surface area contributed by atoms with Crippen molar-refractivity contribution in [3.8, 4) is 0 Å². The Labute approximate surface area is 142 Å². The van der Waals surface area contributed by atoms with Gasteiger partial charge in [0.05, 0.1) is 6.04 Å². The van der Waals surface area contributed by atoms with Crippen LogP contribution in [-0.2, 0) is 4.74 Å². The molecular weight excluding hydrogens is 316 g/mol. The predicted molar refractivity (Wildman–Crippen MR) is 90.8 cm³/mol. The maximum atomic E-state index is 12.0. The number of amides is 1. The third-order valence-corrected chi connectivity index (χ3v) is 4.08. The van der Waals surface area contributed by atoms with E-state index in [0.717, 1.165) is 31.2 Å². The Morgan fingerprint density at radius 1 is 1.30 bits per heavy atom. The number of alkyl carbamates (subject to hydrolysis) is 1. The zero-order chi connectivity index (χ0) is 17.0.